The lowest BCUT2D eigenvalue weighted by Gasteiger charge is -2.34. The number of thiazole rings is 1. The maximum absolute atomic E-state index is 12.7. The number of hydrogen-bond donors (Lipinski definition) is 0. The molecule has 2 amide bonds. The highest BCUT2D eigenvalue weighted by molar-refractivity contribution is 7.09. The highest BCUT2D eigenvalue weighted by Gasteiger charge is 2.23. The summed E-state index contributed by atoms with van der Waals surface area (Å²) < 4.78 is 11.1. The predicted molar refractivity (Wildman–Crippen MR) is 137 cm³/mol. The average molecular weight is 492 g/mol. The molecule has 0 unspecified atom stereocenters. The third-order valence-electron chi connectivity index (χ3n) is 5.76. The van der Waals surface area contributed by atoms with Gasteiger partial charge in [-0.3, -0.25) is 9.59 Å². The number of hydrogen-bond acceptors (Lipinski definition) is 6. The number of piperazine rings is 1. The molecule has 182 valence electrons. The lowest BCUT2D eigenvalue weighted by atomic mass is 10.1. The molecule has 0 aliphatic carbocycles. The Bertz CT molecular complexity index is 1200. The Hall–Kier alpha value is -3.65. The van der Waals surface area contributed by atoms with Crippen LogP contribution in [0.1, 0.15) is 21.8 Å². The average Bonchev–Trinajstić information content (AvgIpc) is 3.31. The van der Waals surface area contributed by atoms with Crippen molar-refractivity contribution in [2.24, 2.45) is 0 Å². The normalized spacial score (nSPS) is 13.8. The number of aryl methyl sites for hydroxylation is 1. The molecule has 7 nitrogen and oxygen atoms in total. The van der Waals surface area contributed by atoms with Gasteiger partial charge in [0.15, 0.2) is 0 Å². The molecular formula is C27H29N3O4S. The van der Waals surface area contributed by atoms with E-state index in [9.17, 15) is 9.59 Å². The Morgan fingerprint density at radius 2 is 1.77 bits per heavy atom. The highest BCUT2D eigenvalue weighted by atomic mass is 32.1. The van der Waals surface area contributed by atoms with E-state index >= 15 is 0 Å². The van der Waals surface area contributed by atoms with Crippen LogP contribution in [-0.4, -0.2) is 59.9 Å². The van der Waals surface area contributed by atoms with Gasteiger partial charge in [-0.05, 0) is 48.4 Å². The molecule has 8 heteroatoms. The van der Waals surface area contributed by atoms with E-state index in [1.54, 1.807) is 35.5 Å². The molecule has 1 aromatic heterocycles. The van der Waals surface area contributed by atoms with Crippen molar-refractivity contribution in [3.63, 3.8) is 0 Å². The van der Waals surface area contributed by atoms with E-state index in [1.807, 2.05) is 65.7 Å². The largest absolute Gasteiger partial charge is 0.497 e. The van der Waals surface area contributed by atoms with Gasteiger partial charge in [-0.25, -0.2) is 4.98 Å². The van der Waals surface area contributed by atoms with Crippen LogP contribution in [0.5, 0.6) is 11.5 Å². The van der Waals surface area contributed by atoms with Crippen LogP contribution in [-0.2, 0) is 22.6 Å². The maximum atomic E-state index is 12.7. The molecule has 0 radical (unpaired) electrons. The van der Waals surface area contributed by atoms with E-state index < -0.39 is 0 Å². The number of benzene rings is 2. The van der Waals surface area contributed by atoms with Crippen molar-refractivity contribution in [1.29, 1.82) is 0 Å². The zero-order chi connectivity index (χ0) is 24.6. The molecule has 4 rings (SSSR count). The second-order valence-electron chi connectivity index (χ2n) is 8.29. The molecule has 1 aliphatic heterocycles. The second-order valence-corrected chi connectivity index (χ2v) is 9.35. The Kier molecular flexibility index (Phi) is 8.15. The Labute approximate surface area is 209 Å². The SMILES string of the molecule is COc1cccc(CC(=O)N2CCN(C(=O)/C=C/c3cccc(OCc4csc(C)n4)c3)CC2)c1. The van der Waals surface area contributed by atoms with Crippen molar-refractivity contribution in [3.05, 3.63) is 81.8 Å². The number of aromatic nitrogens is 1. The summed E-state index contributed by atoms with van der Waals surface area (Å²) in [6, 6.07) is 15.2. The first kappa shape index (κ1) is 24.5. The number of carbonyl (C=O) groups is 2. The van der Waals surface area contributed by atoms with Crippen LogP contribution in [0.25, 0.3) is 6.08 Å². The quantitative estimate of drug-likeness (QED) is 0.446. The summed E-state index contributed by atoms with van der Waals surface area (Å²) in [7, 11) is 1.61. The first-order chi connectivity index (χ1) is 17.0. The van der Waals surface area contributed by atoms with Crippen molar-refractivity contribution in [2.45, 2.75) is 20.0 Å². The Morgan fingerprint density at radius 3 is 2.51 bits per heavy atom. The smallest absolute Gasteiger partial charge is 0.246 e. The predicted octanol–water partition coefficient (Wildman–Crippen LogP) is 3.97. The molecule has 2 heterocycles. The van der Waals surface area contributed by atoms with E-state index in [0.29, 0.717) is 39.2 Å². The summed E-state index contributed by atoms with van der Waals surface area (Å²) in [5.74, 6) is 1.47. The van der Waals surface area contributed by atoms with Gasteiger partial charge >= 0.3 is 0 Å². The van der Waals surface area contributed by atoms with Crippen LogP contribution in [0.2, 0.25) is 0 Å². The van der Waals surface area contributed by atoms with Gasteiger partial charge in [-0.2, -0.15) is 0 Å². The van der Waals surface area contributed by atoms with Gasteiger partial charge in [0.2, 0.25) is 11.8 Å². The number of amides is 2. The Balaban J connectivity index is 1.25. The molecule has 0 spiro atoms. The van der Waals surface area contributed by atoms with E-state index in [1.165, 1.54) is 0 Å². The molecule has 3 aromatic rings. The minimum absolute atomic E-state index is 0.0607. The molecule has 35 heavy (non-hydrogen) atoms. The molecule has 0 saturated carbocycles. The van der Waals surface area contributed by atoms with Crippen molar-refractivity contribution < 1.29 is 19.1 Å². The number of carbonyl (C=O) groups excluding carboxylic acids is 2. The number of ether oxygens (including phenoxy) is 2. The van der Waals surface area contributed by atoms with Crippen molar-refractivity contribution in [1.82, 2.24) is 14.8 Å². The summed E-state index contributed by atoms with van der Waals surface area (Å²) in [5, 5.41) is 3.00. The lowest BCUT2D eigenvalue weighted by molar-refractivity contribution is -0.136. The summed E-state index contributed by atoms with van der Waals surface area (Å²) in [6.07, 6.45) is 3.70. The first-order valence-electron chi connectivity index (χ1n) is 11.5. The molecule has 1 fully saturated rings. The summed E-state index contributed by atoms with van der Waals surface area (Å²) in [5.41, 5.74) is 2.71. The summed E-state index contributed by atoms with van der Waals surface area (Å²) in [6.45, 7) is 4.48. The minimum atomic E-state index is -0.0610. The molecule has 1 saturated heterocycles. The van der Waals surface area contributed by atoms with Crippen LogP contribution < -0.4 is 9.47 Å². The maximum Gasteiger partial charge on any atom is 0.246 e. The molecule has 0 bridgehead atoms. The van der Waals surface area contributed by atoms with Crippen molar-refractivity contribution in [3.8, 4) is 11.5 Å². The van der Waals surface area contributed by atoms with E-state index in [2.05, 4.69) is 4.98 Å². The first-order valence-corrected chi connectivity index (χ1v) is 12.4. The topological polar surface area (TPSA) is 72.0 Å². The van der Waals surface area contributed by atoms with Gasteiger partial charge in [0.1, 0.15) is 18.1 Å². The fraction of sp³-hybridized carbons (Fsp3) is 0.296. The van der Waals surface area contributed by atoms with E-state index in [0.717, 1.165) is 33.3 Å². The molecule has 0 N–H and O–H groups in total. The zero-order valence-electron chi connectivity index (χ0n) is 20.0. The van der Waals surface area contributed by atoms with Crippen LogP contribution in [0.15, 0.2) is 60.0 Å². The van der Waals surface area contributed by atoms with Gasteiger partial charge in [-0.15, -0.1) is 11.3 Å². The Morgan fingerprint density at radius 1 is 1.03 bits per heavy atom. The van der Waals surface area contributed by atoms with Gasteiger partial charge in [-0.1, -0.05) is 24.3 Å². The fourth-order valence-electron chi connectivity index (χ4n) is 3.86. The van der Waals surface area contributed by atoms with Gasteiger partial charge in [0.25, 0.3) is 0 Å². The third kappa shape index (κ3) is 6.93. The molecule has 2 aromatic carbocycles. The fourth-order valence-corrected chi connectivity index (χ4v) is 4.46. The van der Waals surface area contributed by atoms with E-state index in [-0.39, 0.29) is 11.8 Å². The number of methoxy groups -OCH3 is 1. The standard InChI is InChI=1S/C27H29N3O4S/c1-20-28-23(19-35-20)18-34-25-8-3-5-21(15-25)9-10-26(31)29-11-13-30(14-12-29)27(32)17-22-6-4-7-24(16-22)33-2/h3-10,15-16,19H,11-14,17-18H2,1-2H3/b10-9+. The number of rotatable bonds is 8. The van der Waals surface area contributed by atoms with Gasteiger partial charge < -0.3 is 19.3 Å². The van der Waals surface area contributed by atoms with Crippen LogP contribution in [0.4, 0.5) is 0 Å². The second kappa shape index (κ2) is 11.7. The molecular weight excluding hydrogens is 462 g/mol. The summed E-state index contributed by atoms with van der Waals surface area (Å²) >= 11 is 1.60. The van der Waals surface area contributed by atoms with Gasteiger partial charge in [0.05, 0.1) is 24.2 Å². The molecule has 0 atom stereocenters. The number of nitrogens with zero attached hydrogens (tertiary/aromatic N) is 3. The van der Waals surface area contributed by atoms with E-state index in [4.69, 9.17) is 9.47 Å². The minimum Gasteiger partial charge on any atom is -0.497 e. The molecule has 1 aliphatic rings. The van der Waals surface area contributed by atoms with Crippen molar-refractivity contribution >= 4 is 29.2 Å². The van der Waals surface area contributed by atoms with Crippen LogP contribution >= 0.6 is 11.3 Å². The van der Waals surface area contributed by atoms with Crippen LogP contribution in [0, 0.1) is 6.92 Å². The van der Waals surface area contributed by atoms with Gasteiger partial charge in [0, 0.05) is 37.6 Å². The van der Waals surface area contributed by atoms with Crippen LogP contribution in [0.3, 0.4) is 0 Å². The zero-order valence-corrected chi connectivity index (χ0v) is 20.8. The monoisotopic (exact) mass is 491 g/mol. The highest BCUT2D eigenvalue weighted by Crippen LogP contribution is 2.18. The summed E-state index contributed by atoms with van der Waals surface area (Å²) in [4.78, 5) is 33.4. The lowest BCUT2D eigenvalue weighted by Crippen LogP contribution is -2.50. The van der Waals surface area contributed by atoms with Crippen molar-refractivity contribution in [2.75, 3.05) is 33.3 Å². The third-order valence-corrected chi connectivity index (χ3v) is 6.59.